The molecular weight excluding hydrogens is 428 g/mol. The summed E-state index contributed by atoms with van der Waals surface area (Å²) in [5.74, 6) is -2.70. The first-order valence-corrected chi connectivity index (χ1v) is 10.0. The summed E-state index contributed by atoms with van der Waals surface area (Å²) in [6, 6.07) is 6.85. The van der Waals surface area contributed by atoms with Gasteiger partial charge in [0.1, 0.15) is 45.6 Å². The van der Waals surface area contributed by atoms with E-state index >= 15 is 0 Å². The second-order valence-electron chi connectivity index (χ2n) is 7.88. The fraction of sp³-hybridized carbons (Fsp3) is 0.200. The monoisotopic (exact) mass is 452 g/mol. The van der Waals surface area contributed by atoms with E-state index in [-0.39, 0.29) is 45.3 Å². The molecule has 0 atom stereocenters. The molecule has 0 saturated heterocycles. The summed E-state index contributed by atoms with van der Waals surface area (Å²) in [6.45, 7) is 7.85. The van der Waals surface area contributed by atoms with Crippen LogP contribution in [0.5, 0.6) is 34.5 Å². The van der Waals surface area contributed by atoms with E-state index in [2.05, 4.69) is 0 Å². The van der Waals surface area contributed by atoms with E-state index in [1.807, 2.05) is 0 Å². The number of phenols is 4. The van der Waals surface area contributed by atoms with Gasteiger partial charge in [-0.15, -0.1) is 0 Å². The Morgan fingerprint density at radius 3 is 1.79 bits per heavy atom. The van der Waals surface area contributed by atoms with Crippen molar-refractivity contribution < 1.29 is 39.5 Å². The highest BCUT2D eigenvalue weighted by Crippen LogP contribution is 2.37. The Balaban J connectivity index is 1.94. The van der Waals surface area contributed by atoms with Crippen LogP contribution in [0.25, 0.3) is 0 Å². The van der Waals surface area contributed by atoms with Gasteiger partial charge >= 0.3 is 11.9 Å². The second-order valence-corrected chi connectivity index (χ2v) is 7.88. The number of hydrogen-bond donors (Lipinski definition) is 4. The number of benzene rings is 3. The van der Waals surface area contributed by atoms with Crippen LogP contribution in [-0.2, 0) is 0 Å². The normalized spacial score (nSPS) is 10.7. The van der Waals surface area contributed by atoms with Crippen LogP contribution in [0, 0.1) is 34.6 Å². The van der Waals surface area contributed by atoms with Crippen molar-refractivity contribution in [3.8, 4) is 34.5 Å². The molecule has 0 fully saturated rings. The first-order valence-electron chi connectivity index (χ1n) is 10.0. The van der Waals surface area contributed by atoms with Crippen LogP contribution in [0.15, 0.2) is 30.3 Å². The van der Waals surface area contributed by atoms with Crippen molar-refractivity contribution in [1.82, 2.24) is 0 Å². The summed E-state index contributed by atoms with van der Waals surface area (Å²) in [6.07, 6.45) is 0. The van der Waals surface area contributed by atoms with E-state index in [1.54, 1.807) is 19.9 Å². The third kappa shape index (κ3) is 4.55. The van der Waals surface area contributed by atoms with E-state index < -0.39 is 23.4 Å². The van der Waals surface area contributed by atoms with Crippen LogP contribution in [0.2, 0.25) is 0 Å². The predicted octanol–water partition coefficient (Wildman–Crippen LogP) is 4.49. The maximum absolute atomic E-state index is 12.8. The van der Waals surface area contributed by atoms with Gasteiger partial charge in [0.2, 0.25) is 0 Å². The van der Waals surface area contributed by atoms with Gasteiger partial charge in [-0.25, -0.2) is 9.59 Å². The zero-order valence-electron chi connectivity index (χ0n) is 18.8. The summed E-state index contributed by atoms with van der Waals surface area (Å²) >= 11 is 0. The molecule has 172 valence electrons. The average molecular weight is 452 g/mol. The molecule has 4 N–H and O–H groups in total. The van der Waals surface area contributed by atoms with Crippen LogP contribution in [-0.4, -0.2) is 32.4 Å². The molecule has 0 aliphatic rings. The molecule has 0 aromatic heterocycles. The van der Waals surface area contributed by atoms with E-state index in [9.17, 15) is 30.0 Å². The highest BCUT2D eigenvalue weighted by molar-refractivity contribution is 5.98. The van der Waals surface area contributed by atoms with Gasteiger partial charge in [0.25, 0.3) is 0 Å². The van der Waals surface area contributed by atoms with Gasteiger partial charge in [0.05, 0.1) is 0 Å². The standard InChI is InChI=1S/C25H24O8/c1-11-6-17(27)14(4)19(7-11)32-25(31)22-13(3)9-20(15(5)23(22)29)33-24(30)21-12(2)8-16(26)10-18(21)28/h6-10,26-29H,1-5H3. The maximum atomic E-state index is 12.8. The molecule has 0 heterocycles. The number of phenolic OH excluding ortho intramolecular Hbond substituents is 4. The van der Waals surface area contributed by atoms with Gasteiger partial charge in [0, 0.05) is 17.2 Å². The summed E-state index contributed by atoms with van der Waals surface area (Å²) in [7, 11) is 0. The SMILES string of the molecule is Cc1cc(O)c(C)c(OC(=O)c2c(C)cc(OC(=O)c3c(C)cc(O)cc3O)c(C)c2O)c1. The number of hydrogen-bond acceptors (Lipinski definition) is 8. The molecular formula is C25H24O8. The van der Waals surface area contributed by atoms with Crippen LogP contribution < -0.4 is 9.47 Å². The number of carbonyl (C=O) groups excluding carboxylic acids is 2. The van der Waals surface area contributed by atoms with E-state index in [1.165, 1.54) is 39.0 Å². The van der Waals surface area contributed by atoms with E-state index in [0.717, 1.165) is 6.07 Å². The Morgan fingerprint density at radius 2 is 1.18 bits per heavy atom. The molecule has 0 radical (unpaired) electrons. The Bertz CT molecular complexity index is 1270. The van der Waals surface area contributed by atoms with Crippen LogP contribution in [0.4, 0.5) is 0 Å². The number of aryl methyl sites for hydroxylation is 3. The number of aromatic hydroxyl groups is 4. The van der Waals surface area contributed by atoms with Crippen molar-refractivity contribution in [2.24, 2.45) is 0 Å². The average Bonchev–Trinajstić information content (AvgIpc) is 2.68. The first kappa shape index (κ1) is 23.5. The molecule has 0 amide bonds. The molecule has 33 heavy (non-hydrogen) atoms. The lowest BCUT2D eigenvalue weighted by Crippen LogP contribution is -2.15. The van der Waals surface area contributed by atoms with Gasteiger partial charge in [-0.3, -0.25) is 0 Å². The smallest absolute Gasteiger partial charge is 0.347 e. The summed E-state index contributed by atoms with van der Waals surface area (Å²) in [5, 5.41) is 40.2. The van der Waals surface area contributed by atoms with Crippen LogP contribution in [0.1, 0.15) is 48.5 Å². The van der Waals surface area contributed by atoms with Gasteiger partial charge in [0.15, 0.2) is 0 Å². The topological polar surface area (TPSA) is 134 Å². The molecule has 8 heteroatoms. The number of ether oxygens (including phenoxy) is 2. The molecule has 0 saturated carbocycles. The Morgan fingerprint density at radius 1 is 0.636 bits per heavy atom. The number of esters is 2. The quantitative estimate of drug-likeness (QED) is 0.336. The van der Waals surface area contributed by atoms with E-state index in [0.29, 0.717) is 16.7 Å². The molecule has 0 spiro atoms. The summed E-state index contributed by atoms with van der Waals surface area (Å²) in [4.78, 5) is 25.5. The molecule has 3 aromatic carbocycles. The molecule has 0 aliphatic heterocycles. The van der Waals surface area contributed by atoms with Gasteiger partial charge < -0.3 is 29.9 Å². The zero-order chi connectivity index (χ0) is 24.6. The van der Waals surface area contributed by atoms with Crippen LogP contribution in [0.3, 0.4) is 0 Å². The van der Waals surface area contributed by atoms with Crippen LogP contribution >= 0.6 is 0 Å². The van der Waals surface area contributed by atoms with Crippen molar-refractivity contribution >= 4 is 11.9 Å². The Kier molecular flexibility index (Phi) is 6.21. The van der Waals surface area contributed by atoms with Crippen molar-refractivity contribution in [1.29, 1.82) is 0 Å². The lowest BCUT2D eigenvalue weighted by molar-refractivity contribution is 0.0726. The minimum Gasteiger partial charge on any atom is -0.508 e. The van der Waals surface area contributed by atoms with Gasteiger partial charge in [-0.1, -0.05) is 0 Å². The lowest BCUT2D eigenvalue weighted by atomic mass is 10.0. The molecule has 3 aromatic rings. The summed E-state index contributed by atoms with van der Waals surface area (Å²) in [5.41, 5.74) is 1.50. The zero-order valence-corrected chi connectivity index (χ0v) is 18.8. The number of carbonyl (C=O) groups is 2. The van der Waals surface area contributed by atoms with Gasteiger partial charge in [-0.2, -0.15) is 0 Å². The maximum Gasteiger partial charge on any atom is 0.347 e. The Labute approximate surface area is 190 Å². The highest BCUT2D eigenvalue weighted by atomic mass is 16.5. The minimum atomic E-state index is -0.895. The van der Waals surface area contributed by atoms with Gasteiger partial charge in [-0.05, 0) is 75.6 Å². The lowest BCUT2D eigenvalue weighted by Gasteiger charge is -2.16. The molecule has 0 aliphatic carbocycles. The highest BCUT2D eigenvalue weighted by Gasteiger charge is 2.25. The van der Waals surface area contributed by atoms with Crippen molar-refractivity contribution in [3.05, 3.63) is 69.3 Å². The third-order valence-electron chi connectivity index (χ3n) is 5.29. The predicted molar refractivity (Wildman–Crippen MR) is 120 cm³/mol. The molecule has 0 unspecified atom stereocenters. The first-order chi connectivity index (χ1) is 15.4. The minimum absolute atomic E-state index is 0.0113. The van der Waals surface area contributed by atoms with Crippen molar-refractivity contribution in [2.75, 3.05) is 0 Å². The van der Waals surface area contributed by atoms with E-state index in [4.69, 9.17) is 9.47 Å². The largest absolute Gasteiger partial charge is 0.508 e. The Hall–Kier alpha value is -4.20. The molecule has 8 nitrogen and oxygen atoms in total. The van der Waals surface area contributed by atoms with Crippen molar-refractivity contribution in [3.63, 3.8) is 0 Å². The third-order valence-corrected chi connectivity index (χ3v) is 5.29. The molecule has 3 rings (SSSR count). The second kappa shape index (κ2) is 8.74. The summed E-state index contributed by atoms with van der Waals surface area (Å²) < 4.78 is 10.8. The molecule has 0 bridgehead atoms. The fourth-order valence-corrected chi connectivity index (χ4v) is 3.46. The fourth-order valence-electron chi connectivity index (χ4n) is 3.46. The number of rotatable bonds is 4. The van der Waals surface area contributed by atoms with Crippen molar-refractivity contribution in [2.45, 2.75) is 34.6 Å².